The number of halogens is 5. The fourth-order valence-electron chi connectivity index (χ4n) is 5.39. The molecule has 2 unspecified atom stereocenters. The second-order valence-corrected chi connectivity index (χ2v) is 15.7. The lowest BCUT2D eigenvalue weighted by Gasteiger charge is -2.17. The number of hydrogen-bond acceptors (Lipinski definition) is 9. The van der Waals surface area contributed by atoms with Gasteiger partial charge in [0.25, 0.3) is 0 Å². The molecule has 0 aliphatic rings. The number of ether oxygens (including phenoxy) is 2. The molecule has 6 aromatic carbocycles. The Morgan fingerprint density at radius 2 is 1.17 bits per heavy atom. The third kappa shape index (κ3) is 12.0. The summed E-state index contributed by atoms with van der Waals surface area (Å²) >= 11 is 21.8. The lowest BCUT2D eigenvalue weighted by molar-refractivity contribution is -0.145. The summed E-state index contributed by atoms with van der Waals surface area (Å²) in [7, 11) is 1.35. The van der Waals surface area contributed by atoms with Crippen LogP contribution in [0, 0.1) is 0 Å². The summed E-state index contributed by atoms with van der Waals surface area (Å²) in [6.07, 6.45) is -1.23. The standard InChI is InChI=1S/C21H13BrClNO4.C13H8BrNO2.C9H8BrClO2.2CH4/c22-13-8-9-17(27-19(21(25)26)12-4-3-5-14(23)10-12)15(11-13)20-24-16-6-1-2-7-18(16)28-20;14-8-5-6-11(16)9(7-8)13-15-10-3-1-2-4-12(10)17-13;1-13-9(12)8(10)6-3-2-4-7(11)5-6;;/h1-11,19H,(H,25,26);1-7,16H;2-5,8H,1H3;2*1H4. The van der Waals surface area contributed by atoms with E-state index >= 15 is 0 Å². The van der Waals surface area contributed by atoms with Crippen molar-refractivity contribution in [1.82, 2.24) is 9.97 Å². The second-order valence-electron chi connectivity index (χ2n) is 12.1. The van der Waals surface area contributed by atoms with Gasteiger partial charge < -0.3 is 28.5 Å². The number of carboxylic acids is 1. The fourth-order valence-corrected chi connectivity index (χ4v) is 6.98. The molecule has 10 nitrogen and oxygen atoms in total. The Balaban J connectivity index is 0.000000213. The maximum absolute atomic E-state index is 11.9. The maximum Gasteiger partial charge on any atom is 0.349 e. The van der Waals surface area contributed by atoms with Crippen LogP contribution in [-0.2, 0) is 14.3 Å². The molecule has 8 aromatic rings. The number of methoxy groups -OCH3 is 1. The fraction of sp³-hybridized carbons (Fsp3) is 0.111. The van der Waals surface area contributed by atoms with E-state index < -0.39 is 16.9 Å². The summed E-state index contributed by atoms with van der Waals surface area (Å²) in [6.45, 7) is 0. The molecule has 0 saturated heterocycles. The third-order valence-corrected chi connectivity index (χ3v) is 10.5. The molecular weight excluding hydrogens is 1010 g/mol. The summed E-state index contributed by atoms with van der Waals surface area (Å²) in [4.78, 5) is 31.3. The van der Waals surface area contributed by atoms with Crippen LogP contribution >= 0.6 is 71.0 Å². The molecule has 2 heterocycles. The monoisotopic (exact) mass is 1040 g/mol. The van der Waals surface area contributed by atoms with E-state index in [0.717, 1.165) is 20.0 Å². The number of fused-ring (bicyclic) bond motifs is 2. The van der Waals surface area contributed by atoms with Crippen molar-refractivity contribution in [2.45, 2.75) is 25.8 Å². The molecule has 0 saturated carbocycles. The summed E-state index contributed by atoms with van der Waals surface area (Å²) in [6, 6.07) is 38.9. The number of hydrogen-bond donors (Lipinski definition) is 2. The second kappa shape index (κ2) is 21.9. The number of phenols is 1. The number of benzene rings is 6. The molecule has 0 aliphatic heterocycles. The Morgan fingerprint density at radius 3 is 1.70 bits per heavy atom. The highest BCUT2D eigenvalue weighted by molar-refractivity contribution is 9.10. The number of aromatic nitrogens is 2. The van der Waals surface area contributed by atoms with Gasteiger partial charge in [0, 0.05) is 24.6 Å². The number of carboxylic acid groups (broad SMARTS) is 1. The molecule has 0 fully saturated rings. The minimum Gasteiger partial charge on any atom is -0.507 e. The van der Waals surface area contributed by atoms with Gasteiger partial charge in [-0.15, -0.1) is 0 Å². The van der Waals surface area contributed by atoms with Gasteiger partial charge in [0.2, 0.25) is 17.9 Å². The van der Waals surface area contributed by atoms with Gasteiger partial charge >= 0.3 is 11.9 Å². The van der Waals surface area contributed by atoms with Crippen molar-refractivity contribution in [3.8, 4) is 34.4 Å². The van der Waals surface area contributed by atoms with Gasteiger partial charge in [-0.3, -0.25) is 4.79 Å². The van der Waals surface area contributed by atoms with E-state index in [0.29, 0.717) is 60.9 Å². The molecule has 60 heavy (non-hydrogen) atoms. The first-order valence-electron chi connectivity index (χ1n) is 17.0. The van der Waals surface area contributed by atoms with Crippen molar-refractivity contribution in [2.75, 3.05) is 7.11 Å². The Bertz CT molecular complexity index is 2660. The molecular formula is C45H37Br3Cl2N2O8. The van der Waals surface area contributed by atoms with E-state index in [1.807, 2.05) is 54.6 Å². The highest BCUT2D eigenvalue weighted by Crippen LogP contribution is 2.37. The molecule has 0 spiro atoms. The number of nitrogens with zero attached hydrogens (tertiary/aromatic N) is 2. The Morgan fingerprint density at radius 1 is 0.667 bits per heavy atom. The van der Waals surface area contributed by atoms with E-state index in [-0.39, 0.29) is 26.6 Å². The van der Waals surface area contributed by atoms with E-state index in [4.69, 9.17) is 36.8 Å². The van der Waals surface area contributed by atoms with Crippen molar-refractivity contribution >= 4 is 105 Å². The first-order valence-corrected chi connectivity index (χ1v) is 20.3. The molecule has 2 N–H and O–H groups in total. The predicted octanol–water partition coefficient (Wildman–Crippen LogP) is 14.3. The predicted molar refractivity (Wildman–Crippen MR) is 247 cm³/mol. The molecule has 2 aromatic heterocycles. The first-order chi connectivity index (χ1) is 27.9. The molecule has 310 valence electrons. The van der Waals surface area contributed by atoms with Crippen molar-refractivity contribution in [1.29, 1.82) is 0 Å². The van der Waals surface area contributed by atoms with E-state index in [1.165, 1.54) is 7.11 Å². The minimum atomic E-state index is -1.23. The Labute approximate surface area is 381 Å². The van der Waals surface area contributed by atoms with Crippen LogP contribution in [0.15, 0.2) is 151 Å². The van der Waals surface area contributed by atoms with Crippen LogP contribution in [0.2, 0.25) is 10.0 Å². The molecule has 0 aliphatic carbocycles. The van der Waals surface area contributed by atoms with Gasteiger partial charge in [0.15, 0.2) is 11.2 Å². The number of aliphatic carboxylic acids is 1. The number of para-hydroxylation sites is 4. The largest absolute Gasteiger partial charge is 0.507 e. The van der Waals surface area contributed by atoms with Crippen molar-refractivity contribution in [3.63, 3.8) is 0 Å². The molecule has 0 amide bonds. The van der Waals surface area contributed by atoms with Gasteiger partial charge in [-0.1, -0.05) is 134 Å². The van der Waals surface area contributed by atoms with Crippen LogP contribution < -0.4 is 4.74 Å². The van der Waals surface area contributed by atoms with E-state index in [1.54, 1.807) is 78.9 Å². The van der Waals surface area contributed by atoms with Crippen LogP contribution in [0.1, 0.15) is 36.9 Å². The number of phenolic OH excluding ortho intramolecular Hbond substituents is 1. The number of alkyl halides is 1. The highest BCUT2D eigenvalue weighted by atomic mass is 79.9. The average Bonchev–Trinajstić information content (AvgIpc) is 3.86. The average molecular weight is 1040 g/mol. The third-order valence-electron chi connectivity index (χ3n) is 8.12. The SMILES string of the molecule is C.C.COC(=O)C(Br)c1cccc(Cl)c1.O=C(O)C(Oc1ccc(Br)cc1-c1nc2ccccc2o1)c1cccc(Cl)c1.Oc1ccc(Br)cc1-c1nc2ccccc2o1. The number of esters is 1. The molecule has 0 bridgehead atoms. The summed E-state index contributed by atoms with van der Waals surface area (Å²) < 4.78 is 23.5. The zero-order valence-corrected chi connectivity index (χ0v) is 36.3. The zero-order valence-electron chi connectivity index (χ0n) is 30.0. The van der Waals surface area contributed by atoms with Crippen LogP contribution in [0.5, 0.6) is 11.5 Å². The van der Waals surface area contributed by atoms with Gasteiger partial charge in [-0.05, 0) is 90.5 Å². The molecule has 2 atom stereocenters. The van der Waals surface area contributed by atoms with Crippen molar-refractivity contribution in [3.05, 3.63) is 164 Å². The topological polar surface area (TPSA) is 145 Å². The normalized spacial score (nSPS) is 11.4. The quantitative estimate of drug-likeness (QED) is 0.111. The van der Waals surface area contributed by atoms with Crippen LogP contribution in [0.25, 0.3) is 45.1 Å². The lowest BCUT2D eigenvalue weighted by Crippen LogP contribution is -2.18. The molecule has 15 heteroatoms. The smallest absolute Gasteiger partial charge is 0.349 e. The van der Waals surface area contributed by atoms with Gasteiger partial charge in [-0.25, -0.2) is 14.8 Å². The summed E-state index contributed by atoms with van der Waals surface area (Å²) in [5.74, 6) is -0.212. The highest BCUT2D eigenvalue weighted by Gasteiger charge is 2.25. The van der Waals surface area contributed by atoms with Gasteiger partial charge in [0.05, 0.1) is 18.2 Å². The van der Waals surface area contributed by atoms with Gasteiger partial charge in [-0.2, -0.15) is 0 Å². The zero-order chi connectivity index (χ0) is 41.3. The number of carbonyl (C=O) groups excluding carboxylic acids is 1. The maximum atomic E-state index is 11.9. The number of aromatic hydroxyl groups is 1. The minimum absolute atomic E-state index is 0. The Kier molecular flexibility index (Phi) is 17.3. The van der Waals surface area contributed by atoms with Crippen LogP contribution in [0.4, 0.5) is 0 Å². The molecule has 8 rings (SSSR count). The van der Waals surface area contributed by atoms with Crippen LogP contribution in [0.3, 0.4) is 0 Å². The van der Waals surface area contributed by atoms with Crippen molar-refractivity contribution < 1.29 is 38.1 Å². The number of rotatable bonds is 8. The number of oxazole rings is 2. The molecule has 0 radical (unpaired) electrons. The van der Waals surface area contributed by atoms with E-state index in [2.05, 4.69) is 62.5 Å². The summed E-state index contributed by atoms with van der Waals surface area (Å²) in [5, 5.41) is 20.5. The van der Waals surface area contributed by atoms with Crippen LogP contribution in [-0.4, -0.2) is 39.2 Å². The van der Waals surface area contributed by atoms with E-state index in [9.17, 15) is 19.8 Å². The first kappa shape index (κ1) is 47.5. The lowest BCUT2D eigenvalue weighted by atomic mass is 10.1. The number of carbonyl (C=O) groups is 2. The Hall–Kier alpha value is -5.18. The van der Waals surface area contributed by atoms with Gasteiger partial charge in [0.1, 0.15) is 27.4 Å². The van der Waals surface area contributed by atoms with Crippen molar-refractivity contribution in [2.24, 2.45) is 0 Å². The summed E-state index contributed by atoms with van der Waals surface area (Å²) in [5.41, 5.74) is 5.17.